The Morgan fingerprint density at radius 1 is 1.41 bits per heavy atom. The van der Waals surface area contributed by atoms with Crippen LogP contribution < -0.4 is 10.9 Å². The monoisotopic (exact) mass is 334 g/mol. The predicted octanol–water partition coefficient (Wildman–Crippen LogP) is 2.94. The van der Waals surface area contributed by atoms with Crippen LogP contribution in [-0.2, 0) is 12.1 Å². The molecule has 0 fully saturated rings. The summed E-state index contributed by atoms with van der Waals surface area (Å²) in [6.45, 7) is 6.72. The number of aryl methyl sites for hydroxylation is 1. The Morgan fingerprint density at radius 2 is 2.23 bits per heavy atom. The molecule has 0 aliphatic rings. The molecule has 0 unspecified atom stereocenters. The van der Waals surface area contributed by atoms with Crippen LogP contribution in [0.2, 0.25) is 0 Å². The van der Waals surface area contributed by atoms with Crippen molar-refractivity contribution >= 4 is 27.6 Å². The molecule has 0 radical (unpaired) electrons. The maximum absolute atomic E-state index is 12.2. The second kappa shape index (κ2) is 5.91. The van der Waals surface area contributed by atoms with Crippen LogP contribution in [-0.4, -0.2) is 14.4 Å². The molecule has 3 aromatic heterocycles. The van der Waals surface area contributed by atoms with E-state index in [2.05, 4.69) is 29.1 Å². The topological polar surface area (TPSA) is 59.3 Å². The van der Waals surface area contributed by atoms with E-state index in [0.717, 1.165) is 27.8 Å². The van der Waals surface area contributed by atoms with E-state index in [4.69, 9.17) is 0 Å². The van der Waals surface area contributed by atoms with Gasteiger partial charge in [0.05, 0.1) is 11.2 Å². The molecule has 0 aliphatic carbocycles. The van der Waals surface area contributed by atoms with Gasteiger partial charge in [0.25, 0.3) is 5.56 Å². The van der Waals surface area contributed by atoms with E-state index in [1.165, 1.54) is 11.3 Å². The van der Waals surface area contributed by atoms with E-state index in [-0.39, 0.29) is 11.1 Å². The van der Waals surface area contributed by atoms with Crippen molar-refractivity contribution in [1.82, 2.24) is 19.7 Å². The van der Waals surface area contributed by atoms with E-state index in [0.29, 0.717) is 6.54 Å². The average molecular weight is 334 g/mol. The summed E-state index contributed by atoms with van der Waals surface area (Å²) in [7, 11) is 0. The number of rotatable bonds is 5. The number of thiazole rings is 2. The van der Waals surface area contributed by atoms with E-state index in [9.17, 15) is 4.79 Å². The lowest BCUT2D eigenvalue weighted by atomic mass is 10.00. The van der Waals surface area contributed by atoms with Gasteiger partial charge in [0.1, 0.15) is 5.01 Å². The maximum atomic E-state index is 12.2. The van der Waals surface area contributed by atoms with E-state index < -0.39 is 0 Å². The molecule has 3 aromatic rings. The van der Waals surface area contributed by atoms with Gasteiger partial charge in [-0.05, 0) is 20.3 Å². The van der Waals surface area contributed by atoms with Crippen LogP contribution in [0.3, 0.4) is 0 Å². The second-order valence-corrected chi connectivity index (χ2v) is 7.19. The summed E-state index contributed by atoms with van der Waals surface area (Å²) >= 11 is 3.13. The van der Waals surface area contributed by atoms with Gasteiger partial charge in [-0.2, -0.15) is 0 Å². The van der Waals surface area contributed by atoms with Crippen LogP contribution in [0.4, 0.5) is 0 Å². The molecule has 22 heavy (non-hydrogen) atoms. The lowest BCUT2D eigenvalue weighted by Gasteiger charge is -2.27. The molecule has 116 valence electrons. The zero-order valence-corrected chi connectivity index (χ0v) is 14.4. The highest BCUT2D eigenvalue weighted by atomic mass is 32.1. The number of aromatic nitrogens is 3. The summed E-state index contributed by atoms with van der Waals surface area (Å²) in [5, 5.41) is 8.49. The first-order chi connectivity index (χ1) is 10.5. The molecule has 0 saturated carbocycles. The van der Waals surface area contributed by atoms with Crippen molar-refractivity contribution in [3.05, 3.63) is 49.8 Å². The Kier molecular flexibility index (Phi) is 4.12. The smallest absolute Gasteiger partial charge is 0.259 e. The molecule has 0 bridgehead atoms. The molecule has 0 aliphatic heterocycles. The largest absolute Gasteiger partial charge is 0.300 e. The van der Waals surface area contributed by atoms with Crippen LogP contribution in [0, 0.1) is 6.92 Å². The SMILES string of the molecule is CC[C@](C)(NCc1cc(=O)n2c(C)csc2n1)c1nccs1. The minimum Gasteiger partial charge on any atom is -0.300 e. The summed E-state index contributed by atoms with van der Waals surface area (Å²) < 4.78 is 1.65. The molecule has 0 saturated heterocycles. The third kappa shape index (κ3) is 2.71. The summed E-state index contributed by atoms with van der Waals surface area (Å²) in [5.41, 5.74) is 1.47. The van der Waals surface area contributed by atoms with E-state index in [1.54, 1.807) is 21.8 Å². The minimum absolute atomic E-state index is 0.0204. The highest BCUT2D eigenvalue weighted by Gasteiger charge is 2.26. The molecule has 0 amide bonds. The first kappa shape index (κ1) is 15.3. The third-order valence-electron chi connectivity index (χ3n) is 3.90. The summed E-state index contributed by atoms with van der Waals surface area (Å²) in [6, 6.07) is 1.61. The first-order valence-corrected chi connectivity index (χ1v) is 8.91. The minimum atomic E-state index is -0.202. The van der Waals surface area contributed by atoms with Crippen LogP contribution in [0.25, 0.3) is 4.96 Å². The first-order valence-electron chi connectivity index (χ1n) is 7.15. The molecule has 0 aromatic carbocycles. The molecule has 1 atom stereocenters. The summed E-state index contributed by atoms with van der Waals surface area (Å²) in [6.07, 6.45) is 2.74. The Morgan fingerprint density at radius 3 is 2.91 bits per heavy atom. The summed E-state index contributed by atoms with van der Waals surface area (Å²) in [4.78, 5) is 21.9. The number of hydrogen-bond donors (Lipinski definition) is 1. The van der Waals surface area contributed by atoms with Gasteiger partial charge in [0, 0.05) is 35.3 Å². The lowest BCUT2D eigenvalue weighted by molar-refractivity contribution is 0.347. The highest BCUT2D eigenvalue weighted by molar-refractivity contribution is 7.15. The van der Waals surface area contributed by atoms with Crippen molar-refractivity contribution in [2.24, 2.45) is 0 Å². The second-order valence-electron chi connectivity index (χ2n) is 5.46. The number of fused-ring (bicyclic) bond motifs is 1. The fourth-order valence-electron chi connectivity index (χ4n) is 2.32. The van der Waals surface area contributed by atoms with Crippen molar-refractivity contribution in [3.63, 3.8) is 0 Å². The van der Waals surface area contributed by atoms with Crippen LogP contribution >= 0.6 is 22.7 Å². The Hall–Kier alpha value is -1.57. The zero-order chi connectivity index (χ0) is 15.7. The Balaban J connectivity index is 1.86. The van der Waals surface area contributed by atoms with Crippen LogP contribution in [0.5, 0.6) is 0 Å². The fourth-order valence-corrected chi connectivity index (χ4v) is 4.06. The lowest BCUT2D eigenvalue weighted by Crippen LogP contribution is -2.38. The molecule has 0 spiro atoms. The quantitative estimate of drug-likeness (QED) is 0.779. The van der Waals surface area contributed by atoms with Crippen molar-refractivity contribution in [2.45, 2.75) is 39.3 Å². The average Bonchev–Trinajstić information content (AvgIpc) is 3.15. The predicted molar refractivity (Wildman–Crippen MR) is 90.7 cm³/mol. The molecule has 7 heteroatoms. The van der Waals surface area contributed by atoms with Gasteiger partial charge in [-0.25, -0.2) is 9.97 Å². The maximum Gasteiger partial charge on any atom is 0.259 e. The van der Waals surface area contributed by atoms with Crippen molar-refractivity contribution in [2.75, 3.05) is 0 Å². The summed E-state index contributed by atoms with van der Waals surface area (Å²) in [5.74, 6) is 0. The Labute approximate surface area is 136 Å². The van der Waals surface area contributed by atoms with Gasteiger partial charge in [0.2, 0.25) is 0 Å². The normalized spacial score (nSPS) is 14.3. The van der Waals surface area contributed by atoms with Crippen LogP contribution in [0.15, 0.2) is 27.8 Å². The van der Waals surface area contributed by atoms with Gasteiger partial charge in [-0.15, -0.1) is 22.7 Å². The van der Waals surface area contributed by atoms with Gasteiger partial charge < -0.3 is 0 Å². The number of hydrogen-bond acceptors (Lipinski definition) is 6. The fraction of sp³-hybridized carbons (Fsp3) is 0.400. The number of nitrogens with zero attached hydrogens (tertiary/aromatic N) is 3. The van der Waals surface area contributed by atoms with E-state index in [1.807, 2.05) is 23.9 Å². The van der Waals surface area contributed by atoms with Gasteiger partial charge >= 0.3 is 0 Å². The zero-order valence-electron chi connectivity index (χ0n) is 12.8. The molecular formula is C15H18N4OS2. The number of nitrogens with one attached hydrogen (secondary N) is 1. The van der Waals surface area contributed by atoms with E-state index >= 15 is 0 Å². The molecular weight excluding hydrogens is 316 g/mol. The van der Waals surface area contributed by atoms with Gasteiger partial charge in [0.15, 0.2) is 4.96 Å². The van der Waals surface area contributed by atoms with Crippen molar-refractivity contribution < 1.29 is 0 Å². The standard InChI is InChI=1S/C15H18N4OS2/c1-4-15(3,13-16-5-6-21-13)17-8-11-7-12(20)19-10(2)9-22-14(19)18-11/h5-7,9,17H,4,8H2,1-3H3/t15-/m0/s1. The van der Waals surface area contributed by atoms with Gasteiger partial charge in [-0.1, -0.05) is 6.92 Å². The van der Waals surface area contributed by atoms with Crippen LogP contribution in [0.1, 0.15) is 36.7 Å². The molecule has 3 rings (SSSR count). The molecule has 1 N–H and O–H groups in total. The van der Waals surface area contributed by atoms with Gasteiger partial charge in [-0.3, -0.25) is 14.5 Å². The highest BCUT2D eigenvalue weighted by Crippen LogP contribution is 2.26. The Bertz CT molecular complexity index is 837. The van der Waals surface area contributed by atoms with Crippen molar-refractivity contribution in [1.29, 1.82) is 0 Å². The van der Waals surface area contributed by atoms with Crippen molar-refractivity contribution in [3.8, 4) is 0 Å². The third-order valence-corrected chi connectivity index (χ3v) is 5.88. The molecule has 5 nitrogen and oxygen atoms in total. The molecule has 3 heterocycles.